The fraction of sp³-hybridized carbons (Fsp3) is 0.0909. The molecule has 4 rings (SSSR count). The molecule has 26 heavy (non-hydrogen) atoms. The molecule has 0 saturated carbocycles. The van der Waals surface area contributed by atoms with Gasteiger partial charge in [-0.3, -0.25) is 4.79 Å². The van der Waals surface area contributed by atoms with E-state index in [-0.39, 0.29) is 5.91 Å². The predicted molar refractivity (Wildman–Crippen MR) is 105 cm³/mol. The monoisotopic (exact) mass is 341 g/mol. The Kier molecular flexibility index (Phi) is 4.01. The molecule has 0 aliphatic carbocycles. The molecule has 0 unspecified atom stereocenters. The van der Waals surface area contributed by atoms with Gasteiger partial charge in [-0.05, 0) is 73.5 Å². The number of hydrogen-bond donors (Lipinski definition) is 2. The summed E-state index contributed by atoms with van der Waals surface area (Å²) >= 11 is 0. The molecular formula is C22H19N3O. The lowest BCUT2D eigenvalue weighted by molar-refractivity contribution is 0.102. The standard InChI is InChI=1S/C22H19N3O/c1-14-12-19-20(13-15(14)2)25-21(24-19)16-8-10-18(11-9-16)23-22(26)17-6-4-3-5-7-17/h3-13H,1-2H3,(H,23,26)(H,24,25). The molecule has 0 bridgehead atoms. The summed E-state index contributed by atoms with van der Waals surface area (Å²) < 4.78 is 0. The van der Waals surface area contributed by atoms with Crippen LogP contribution in [-0.4, -0.2) is 15.9 Å². The molecule has 4 heteroatoms. The highest BCUT2D eigenvalue weighted by atomic mass is 16.1. The number of nitrogens with one attached hydrogen (secondary N) is 2. The first kappa shape index (κ1) is 16.1. The van der Waals surface area contributed by atoms with Crippen LogP contribution < -0.4 is 5.32 Å². The number of benzene rings is 3. The summed E-state index contributed by atoms with van der Waals surface area (Å²) in [5.41, 5.74) is 6.84. The number of carbonyl (C=O) groups is 1. The van der Waals surface area contributed by atoms with Gasteiger partial charge in [0, 0.05) is 16.8 Å². The van der Waals surface area contributed by atoms with Gasteiger partial charge in [0.2, 0.25) is 0 Å². The first-order valence-electron chi connectivity index (χ1n) is 8.54. The molecule has 0 spiro atoms. The third-order valence-electron chi connectivity index (χ3n) is 4.55. The third kappa shape index (κ3) is 3.09. The third-order valence-corrected chi connectivity index (χ3v) is 4.55. The summed E-state index contributed by atoms with van der Waals surface area (Å²) in [6, 6.07) is 21.1. The van der Waals surface area contributed by atoms with Crippen molar-refractivity contribution in [2.45, 2.75) is 13.8 Å². The van der Waals surface area contributed by atoms with Crippen LogP contribution >= 0.6 is 0 Å². The molecule has 0 aliphatic rings. The van der Waals surface area contributed by atoms with Crippen LogP contribution in [0.4, 0.5) is 5.69 Å². The van der Waals surface area contributed by atoms with E-state index in [4.69, 9.17) is 0 Å². The summed E-state index contributed by atoms with van der Waals surface area (Å²) in [6.45, 7) is 4.19. The Balaban J connectivity index is 1.57. The number of carbonyl (C=O) groups excluding carboxylic acids is 1. The minimum atomic E-state index is -0.118. The van der Waals surface area contributed by atoms with E-state index in [9.17, 15) is 4.79 Å². The number of aromatic amines is 1. The SMILES string of the molecule is Cc1cc2nc(-c3ccc(NC(=O)c4ccccc4)cc3)[nH]c2cc1C. The van der Waals surface area contributed by atoms with Crippen LogP contribution in [0.25, 0.3) is 22.4 Å². The lowest BCUT2D eigenvalue weighted by Crippen LogP contribution is -2.11. The molecule has 4 aromatic rings. The lowest BCUT2D eigenvalue weighted by Gasteiger charge is -2.05. The number of rotatable bonds is 3. The van der Waals surface area contributed by atoms with E-state index in [1.54, 1.807) is 12.1 Å². The van der Waals surface area contributed by atoms with Crippen molar-refractivity contribution in [3.05, 3.63) is 83.4 Å². The Morgan fingerprint density at radius 3 is 2.35 bits per heavy atom. The van der Waals surface area contributed by atoms with Crippen molar-refractivity contribution in [3.63, 3.8) is 0 Å². The fourth-order valence-corrected chi connectivity index (χ4v) is 2.91. The van der Waals surface area contributed by atoms with E-state index >= 15 is 0 Å². The molecule has 1 aromatic heterocycles. The van der Waals surface area contributed by atoms with Crippen molar-refractivity contribution < 1.29 is 4.79 Å². The lowest BCUT2D eigenvalue weighted by atomic mass is 10.1. The van der Waals surface area contributed by atoms with E-state index in [0.717, 1.165) is 28.1 Å². The summed E-state index contributed by atoms with van der Waals surface area (Å²) in [5.74, 6) is 0.707. The zero-order valence-electron chi connectivity index (χ0n) is 14.7. The average Bonchev–Trinajstić information content (AvgIpc) is 3.06. The molecule has 0 saturated heterocycles. The first-order valence-corrected chi connectivity index (χ1v) is 8.54. The van der Waals surface area contributed by atoms with Crippen molar-refractivity contribution in [2.24, 2.45) is 0 Å². The zero-order chi connectivity index (χ0) is 18.1. The molecule has 0 aliphatic heterocycles. The summed E-state index contributed by atoms with van der Waals surface area (Å²) in [4.78, 5) is 20.3. The fourth-order valence-electron chi connectivity index (χ4n) is 2.91. The number of hydrogen-bond acceptors (Lipinski definition) is 2. The minimum Gasteiger partial charge on any atom is -0.338 e. The number of aromatic nitrogens is 2. The number of fused-ring (bicyclic) bond motifs is 1. The summed E-state index contributed by atoms with van der Waals surface area (Å²) in [5, 5.41) is 2.91. The van der Waals surface area contributed by atoms with Crippen LogP contribution in [0.2, 0.25) is 0 Å². The average molecular weight is 341 g/mol. The smallest absolute Gasteiger partial charge is 0.255 e. The Hall–Kier alpha value is -3.40. The largest absolute Gasteiger partial charge is 0.338 e. The topological polar surface area (TPSA) is 57.8 Å². The van der Waals surface area contributed by atoms with E-state index in [2.05, 4.69) is 41.3 Å². The number of anilines is 1. The zero-order valence-corrected chi connectivity index (χ0v) is 14.7. The predicted octanol–water partition coefficient (Wildman–Crippen LogP) is 5.10. The van der Waals surface area contributed by atoms with E-state index < -0.39 is 0 Å². The first-order chi connectivity index (χ1) is 12.6. The minimum absolute atomic E-state index is 0.118. The van der Waals surface area contributed by atoms with E-state index in [0.29, 0.717) is 5.56 Å². The normalized spacial score (nSPS) is 10.8. The molecule has 1 amide bonds. The molecule has 2 N–H and O–H groups in total. The van der Waals surface area contributed by atoms with Gasteiger partial charge in [-0.1, -0.05) is 18.2 Å². The van der Waals surface area contributed by atoms with Gasteiger partial charge >= 0.3 is 0 Å². The van der Waals surface area contributed by atoms with Crippen LogP contribution in [0, 0.1) is 13.8 Å². The number of H-pyrrole nitrogens is 1. The van der Waals surface area contributed by atoms with Gasteiger partial charge in [0.05, 0.1) is 11.0 Å². The van der Waals surface area contributed by atoms with Gasteiger partial charge in [-0.2, -0.15) is 0 Å². The van der Waals surface area contributed by atoms with Gasteiger partial charge in [-0.25, -0.2) is 4.98 Å². The number of amides is 1. The second kappa shape index (κ2) is 6.48. The molecule has 0 radical (unpaired) electrons. The van der Waals surface area contributed by atoms with Gasteiger partial charge < -0.3 is 10.3 Å². The van der Waals surface area contributed by atoms with Crippen molar-refractivity contribution in [2.75, 3.05) is 5.32 Å². The maximum Gasteiger partial charge on any atom is 0.255 e. The maximum atomic E-state index is 12.2. The number of imidazole rings is 1. The van der Waals surface area contributed by atoms with Crippen LogP contribution in [0.15, 0.2) is 66.7 Å². The van der Waals surface area contributed by atoms with Crippen LogP contribution in [-0.2, 0) is 0 Å². The van der Waals surface area contributed by atoms with E-state index in [1.807, 2.05) is 42.5 Å². The van der Waals surface area contributed by atoms with Gasteiger partial charge in [0.25, 0.3) is 5.91 Å². The molecule has 4 nitrogen and oxygen atoms in total. The van der Waals surface area contributed by atoms with Gasteiger partial charge in [0.15, 0.2) is 0 Å². The molecule has 1 heterocycles. The highest BCUT2D eigenvalue weighted by Crippen LogP contribution is 2.24. The van der Waals surface area contributed by atoms with Crippen molar-refractivity contribution >= 4 is 22.6 Å². The summed E-state index contributed by atoms with van der Waals surface area (Å²) in [6.07, 6.45) is 0. The molecule has 128 valence electrons. The Morgan fingerprint density at radius 1 is 0.923 bits per heavy atom. The van der Waals surface area contributed by atoms with Crippen LogP contribution in [0.1, 0.15) is 21.5 Å². The van der Waals surface area contributed by atoms with Crippen molar-refractivity contribution in [1.82, 2.24) is 9.97 Å². The van der Waals surface area contributed by atoms with Gasteiger partial charge in [0.1, 0.15) is 5.82 Å². The van der Waals surface area contributed by atoms with E-state index in [1.165, 1.54) is 11.1 Å². The second-order valence-corrected chi connectivity index (χ2v) is 6.44. The van der Waals surface area contributed by atoms with Crippen LogP contribution in [0.3, 0.4) is 0 Å². The molecule has 0 fully saturated rings. The summed E-state index contributed by atoms with van der Waals surface area (Å²) in [7, 11) is 0. The molecule has 0 atom stereocenters. The second-order valence-electron chi connectivity index (χ2n) is 6.44. The van der Waals surface area contributed by atoms with Crippen LogP contribution in [0.5, 0.6) is 0 Å². The Bertz CT molecular complexity index is 1040. The van der Waals surface area contributed by atoms with Gasteiger partial charge in [-0.15, -0.1) is 0 Å². The number of nitrogens with zero attached hydrogens (tertiary/aromatic N) is 1. The quantitative estimate of drug-likeness (QED) is 0.545. The number of aryl methyl sites for hydroxylation is 2. The van der Waals surface area contributed by atoms with Crippen molar-refractivity contribution in [3.8, 4) is 11.4 Å². The molecular weight excluding hydrogens is 322 g/mol. The highest BCUT2D eigenvalue weighted by Gasteiger charge is 2.08. The molecule has 3 aromatic carbocycles. The maximum absolute atomic E-state index is 12.2. The van der Waals surface area contributed by atoms with Crippen molar-refractivity contribution in [1.29, 1.82) is 0 Å². The Morgan fingerprint density at radius 2 is 1.62 bits per heavy atom. The highest BCUT2D eigenvalue weighted by molar-refractivity contribution is 6.04. The Labute approximate surface area is 151 Å².